The van der Waals surface area contributed by atoms with Crippen molar-refractivity contribution < 1.29 is 9.21 Å². The van der Waals surface area contributed by atoms with Gasteiger partial charge >= 0.3 is 6.01 Å². The quantitative estimate of drug-likeness (QED) is 0.711. The van der Waals surface area contributed by atoms with Crippen LogP contribution in [0.25, 0.3) is 5.69 Å². The van der Waals surface area contributed by atoms with Crippen LogP contribution in [-0.2, 0) is 0 Å². The lowest BCUT2D eigenvalue weighted by Crippen LogP contribution is -2.49. The lowest BCUT2D eigenvalue weighted by atomic mass is 10.1. The van der Waals surface area contributed by atoms with Gasteiger partial charge in [-0.1, -0.05) is 25.0 Å². The molecular weight excluding hydrogens is 342 g/mol. The number of hydrogen-bond acceptors (Lipinski definition) is 5. The predicted molar refractivity (Wildman–Crippen MR) is 102 cm³/mol. The van der Waals surface area contributed by atoms with E-state index < -0.39 is 0 Å². The van der Waals surface area contributed by atoms with Crippen LogP contribution in [0.5, 0.6) is 0 Å². The van der Waals surface area contributed by atoms with E-state index >= 15 is 0 Å². The number of rotatable bonds is 4. The molecule has 4 rings (SSSR count). The SMILES string of the molecule is CC(C)c1nnc(N2CCN(C(=O)c3cccc(-n4cccc4)c3)CC2)o1. The molecule has 0 atom stereocenters. The van der Waals surface area contributed by atoms with Crippen LogP contribution in [0.15, 0.2) is 53.2 Å². The lowest BCUT2D eigenvalue weighted by Gasteiger charge is -2.33. The molecule has 0 aliphatic carbocycles. The Morgan fingerprint density at radius 1 is 1.04 bits per heavy atom. The molecule has 0 bridgehead atoms. The van der Waals surface area contributed by atoms with Crippen LogP contribution >= 0.6 is 0 Å². The van der Waals surface area contributed by atoms with E-state index in [1.54, 1.807) is 0 Å². The van der Waals surface area contributed by atoms with Crippen molar-refractivity contribution in [2.45, 2.75) is 19.8 Å². The van der Waals surface area contributed by atoms with Gasteiger partial charge in [0, 0.05) is 55.7 Å². The summed E-state index contributed by atoms with van der Waals surface area (Å²) in [5.74, 6) is 0.907. The molecule has 0 unspecified atom stereocenters. The van der Waals surface area contributed by atoms with Gasteiger partial charge in [-0.05, 0) is 30.3 Å². The van der Waals surface area contributed by atoms with Gasteiger partial charge in [-0.3, -0.25) is 4.79 Å². The molecule has 1 aliphatic rings. The Balaban J connectivity index is 1.42. The van der Waals surface area contributed by atoms with E-state index in [1.165, 1.54) is 0 Å². The minimum Gasteiger partial charge on any atom is -0.408 e. The van der Waals surface area contributed by atoms with Crippen LogP contribution in [0, 0.1) is 0 Å². The minimum absolute atomic E-state index is 0.0528. The fraction of sp³-hybridized carbons (Fsp3) is 0.350. The zero-order chi connectivity index (χ0) is 18.8. The molecule has 2 aromatic heterocycles. The van der Waals surface area contributed by atoms with Crippen LogP contribution in [0.2, 0.25) is 0 Å². The maximum absolute atomic E-state index is 12.9. The molecule has 1 amide bonds. The van der Waals surface area contributed by atoms with Gasteiger partial charge < -0.3 is 18.8 Å². The summed E-state index contributed by atoms with van der Waals surface area (Å²) in [6.07, 6.45) is 3.94. The molecule has 0 N–H and O–H groups in total. The highest BCUT2D eigenvalue weighted by atomic mass is 16.4. The number of benzene rings is 1. The fourth-order valence-corrected chi connectivity index (χ4v) is 3.18. The van der Waals surface area contributed by atoms with E-state index in [0.717, 1.165) is 5.69 Å². The van der Waals surface area contributed by atoms with Crippen molar-refractivity contribution in [1.29, 1.82) is 0 Å². The van der Waals surface area contributed by atoms with Crippen molar-refractivity contribution in [3.05, 3.63) is 60.2 Å². The van der Waals surface area contributed by atoms with Crippen LogP contribution in [0.1, 0.15) is 36.0 Å². The van der Waals surface area contributed by atoms with E-state index in [9.17, 15) is 4.79 Å². The highest BCUT2D eigenvalue weighted by Gasteiger charge is 2.25. The number of nitrogens with zero attached hydrogens (tertiary/aromatic N) is 5. The molecule has 1 saturated heterocycles. The first-order valence-electron chi connectivity index (χ1n) is 9.23. The first-order valence-corrected chi connectivity index (χ1v) is 9.23. The maximum Gasteiger partial charge on any atom is 0.318 e. The van der Waals surface area contributed by atoms with Crippen molar-refractivity contribution in [3.8, 4) is 5.69 Å². The second-order valence-corrected chi connectivity index (χ2v) is 7.00. The molecule has 3 aromatic rings. The van der Waals surface area contributed by atoms with Gasteiger partial charge in [-0.25, -0.2) is 0 Å². The lowest BCUT2D eigenvalue weighted by molar-refractivity contribution is 0.0745. The zero-order valence-corrected chi connectivity index (χ0v) is 15.6. The molecule has 1 aromatic carbocycles. The van der Waals surface area contributed by atoms with Gasteiger partial charge in [0.25, 0.3) is 5.91 Å². The Hall–Kier alpha value is -3.09. The standard InChI is InChI=1S/C20H23N5O2/c1-15(2)18-21-22-20(27-18)25-12-10-24(11-13-25)19(26)16-6-5-7-17(14-16)23-8-3-4-9-23/h3-9,14-15H,10-13H2,1-2H3. The molecule has 0 saturated carbocycles. The van der Waals surface area contributed by atoms with Crippen LogP contribution < -0.4 is 4.90 Å². The molecular formula is C20H23N5O2. The van der Waals surface area contributed by atoms with Crippen molar-refractivity contribution >= 4 is 11.9 Å². The third-order valence-corrected chi connectivity index (χ3v) is 4.76. The second kappa shape index (κ2) is 7.26. The minimum atomic E-state index is 0.0528. The number of piperazine rings is 1. The van der Waals surface area contributed by atoms with Crippen LogP contribution in [0.4, 0.5) is 6.01 Å². The molecule has 3 heterocycles. The Morgan fingerprint density at radius 3 is 2.44 bits per heavy atom. The summed E-state index contributed by atoms with van der Waals surface area (Å²) in [4.78, 5) is 16.8. The molecule has 0 spiro atoms. The van der Waals surface area contributed by atoms with E-state index in [-0.39, 0.29) is 11.8 Å². The Bertz CT molecular complexity index is 908. The number of carbonyl (C=O) groups excluding carboxylic acids is 1. The van der Waals surface area contributed by atoms with E-state index in [2.05, 4.69) is 10.2 Å². The van der Waals surface area contributed by atoms with Crippen molar-refractivity contribution in [1.82, 2.24) is 19.7 Å². The summed E-state index contributed by atoms with van der Waals surface area (Å²) in [7, 11) is 0. The first-order chi connectivity index (χ1) is 13.1. The molecule has 7 nitrogen and oxygen atoms in total. The molecule has 27 heavy (non-hydrogen) atoms. The number of carbonyl (C=O) groups is 1. The largest absolute Gasteiger partial charge is 0.408 e. The maximum atomic E-state index is 12.9. The van der Waals surface area contributed by atoms with Gasteiger partial charge in [0.15, 0.2) is 0 Å². The van der Waals surface area contributed by atoms with Gasteiger partial charge in [0.1, 0.15) is 0 Å². The van der Waals surface area contributed by atoms with Gasteiger partial charge in [-0.15, -0.1) is 5.10 Å². The zero-order valence-electron chi connectivity index (χ0n) is 15.6. The molecule has 140 valence electrons. The first kappa shape index (κ1) is 17.3. The summed E-state index contributed by atoms with van der Waals surface area (Å²) >= 11 is 0. The summed E-state index contributed by atoms with van der Waals surface area (Å²) in [6.45, 7) is 6.68. The Labute approximate surface area is 158 Å². The van der Waals surface area contributed by atoms with Gasteiger partial charge in [-0.2, -0.15) is 0 Å². The number of hydrogen-bond donors (Lipinski definition) is 0. The molecule has 1 fully saturated rings. The van der Waals surface area contributed by atoms with Crippen molar-refractivity contribution in [2.24, 2.45) is 0 Å². The fourth-order valence-electron chi connectivity index (χ4n) is 3.18. The van der Waals surface area contributed by atoms with Crippen LogP contribution in [-0.4, -0.2) is 51.8 Å². The normalized spacial score (nSPS) is 14.8. The number of anilines is 1. The summed E-state index contributed by atoms with van der Waals surface area (Å²) in [5.41, 5.74) is 1.69. The van der Waals surface area contributed by atoms with Crippen molar-refractivity contribution in [3.63, 3.8) is 0 Å². The summed E-state index contributed by atoms with van der Waals surface area (Å²) in [5, 5.41) is 8.22. The molecule has 7 heteroatoms. The third-order valence-electron chi connectivity index (χ3n) is 4.76. The van der Waals surface area contributed by atoms with E-state index in [1.807, 2.05) is 77.0 Å². The molecule has 0 radical (unpaired) electrons. The van der Waals surface area contributed by atoms with E-state index in [0.29, 0.717) is 43.6 Å². The average molecular weight is 365 g/mol. The number of amides is 1. The summed E-state index contributed by atoms with van der Waals surface area (Å²) < 4.78 is 7.72. The smallest absolute Gasteiger partial charge is 0.318 e. The highest BCUT2D eigenvalue weighted by Crippen LogP contribution is 2.20. The molecule has 1 aliphatic heterocycles. The second-order valence-electron chi connectivity index (χ2n) is 7.00. The van der Waals surface area contributed by atoms with Gasteiger partial charge in [0.05, 0.1) is 0 Å². The summed E-state index contributed by atoms with van der Waals surface area (Å²) in [6, 6.07) is 12.2. The van der Waals surface area contributed by atoms with Crippen molar-refractivity contribution in [2.75, 3.05) is 31.1 Å². The van der Waals surface area contributed by atoms with E-state index in [4.69, 9.17) is 4.42 Å². The third kappa shape index (κ3) is 3.58. The Kier molecular flexibility index (Phi) is 4.66. The monoisotopic (exact) mass is 365 g/mol. The average Bonchev–Trinajstić information content (AvgIpc) is 3.40. The number of aromatic nitrogens is 3. The highest BCUT2D eigenvalue weighted by molar-refractivity contribution is 5.95. The topological polar surface area (TPSA) is 67.4 Å². The van der Waals surface area contributed by atoms with Gasteiger partial charge in [0.2, 0.25) is 5.89 Å². The predicted octanol–water partition coefficient (Wildman–Crippen LogP) is 2.95. The Morgan fingerprint density at radius 2 is 1.78 bits per heavy atom. The van der Waals surface area contributed by atoms with Crippen LogP contribution in [0.3, 0.4) is 0 Å².